The molecule has 0 aliphatic carbocycles. The number of hydrogen-bond donors (Lipinski definition) is 1. The molecule has 0 amide bonds. The summed E-state index contributed by atoms with van der Waals surface area (Å²) in [5.41, 5.74) is 2.16. The number of hydrogen-bond acceptors (Lipinski definition) is 5. The fourth-order valence-electron chi connectivity index (χ4n) is 2.64. The monoisotopic (exact) mass is 320 g/mol. The standard InChI is InChI=1S/C16H16N8/c1(2-15-19-21-22-20-15)9-23-11-8-18-16(23)13-3-5-14(6-4-13)24-10-7-17-12-24/h3-8,10-12H,1-2,9H2,(H,19,20,21,22). The van der Waals surface area contributed by atoms with E-state index in [1.807, 2.05) is 23.2 Å². The normalized spacial score (nSPS) is 11.0. The zero-order valence-electron chi connectivity index (χ0n) is 12.9. The molecule has 120 valence electrons. The fourth-order valence-corrected chi connectivity index (χ4v) is 2.64. The molecule has 0 saturated heterocycles. The van der Waals surface area contributed by atoms with E-state index >= 15 is 0 Å². The Morgan fingerprint density at radius 3 is 2.71 bits per heavy atom. The van der Waals surface area contributed by atoms with Crippen molar-refractivity contribution in [3.8, 4) is 17.1 Å². The molecule has 8 heteroatoms. The van der Waals surface area contributed by atoms with Gasteiger partial charge < -0.3 is 9.13 Å². The summed E-state index contributed by atoms with van der Waals surface area (Å²) in [5, 5.41) is 14.0. The van der Waals surface area contributed by atoms with Crippen molar-refractivity contribution >= 4 is 0 Å². The maximum Gasteiger partial charge on any atom is 0.174 e. The minimum absolute atomic E-state index is 0.737. The van der Waals surface area contributed by atoms with Crippen LogP contribution in [-0.4, -0.2) is 39.7 Å². The van der Waals surface area contributed by atoms with E-state index < -0.39 is 0 Å². The third kappa shape index (κ3) is 2.94. The third-order valence-corrected chi connectivity index (χ3v) is 3.83. The molecular formula is C16H16N8. The van der Waals surface area contributed by atoms with Crippen molar-refractivity contribution in [1.82, 2.24) is 39.7 Å². The number of aryl methyl sites for hydroxylation is 2. The van der Waals surface area contributed by atoms with Crippen molar-refractivity contribution in [3.05, 3.63) is 61.2 Å². The summed E-state index contributed by atoms with van der Waals surface area (Å²) in [6, 6.07) is 8.28. The van der Waals surface area contributed by atoms with Gasteiger partial charge in [0.25, 0.3) is 0 Å². The summed E-state index contributed by atoms with van der Waals surface area (Å²) >= 11 is 0. The molecule has 1 N–H and O–H groups in total. The predicted molar refractivity (Wildman–Crippen MR) is 87.3 cm³/mol. The number of rotatable bonds is 6. The molecule has 0 fully saturated rings. The van der Waals surface area contributed by atoms with Gasteiger partial charge in [0.2, 0.25) is 0 Å². The molecule has 0 atom stereocenters. The third-order valence-electron chi connectivity index (χ3n) is 3.83. The van der Waals surface area contributed by atoms with Crippen molar-refractivity contribution < 1.29 is 0 Å². The summed E-state index contributed by atoms with van der Waals surface area (Å²) in [4.78, 5) is 8.56. The maximum atomic E-state index is 4.49. The van der Waals surface area contributed by atoms with E-state index in [0.29, 0.717) is 0 Å². The lowest BCUT2D eigenvalue weighted by Gasteiger charge is -2.08. The second kappa shape index (κ2) is 6.45. The van der Waals surface area contributed by atoms with Gasteiger partial charge in [-0.05, 0) is 30.7 Å². The Morgan fingerprint density at radius 1 is 1.04 bits per heavy atom. The number of nitrogens with one attached hydrogen (secondary N) is 1. The minimum atomic E-state index is 0.737. The Bertz CT molecular complexity index is 875. The van der Waals surface area contributed by atoms with Crippen LogP contribution in [0.3, 0.4) is 0 Å². The summed E-state index contributed by atoms with van der Waals surface area (Å²) in [7, 11) is 0. The molecule has 0 radical (unpaired) electrons. The highest BCUT2D eigenvalue weighted by Gasteiger charge is 2.07. The van der Waals surface area contributed by atoms with Crippen LogP contribution in [0.15, 0.2) is 55.4 Å². The van der Waals surface area contributed by atoms with Crippen molar-refractivity contribution in [2.24, 2.45) is 0 Å². The summed E-state index contributed by atoms with van der Waals surface area (Å²) < 4.78 is 4.12. The van der Waals surface area contributed by atoms with E-state index in [2.05, 4.69) is 59.4 Å². The van der Waals surface area contributed by atoms with E-state index in [9.17, 15) is 0 Å². The number of imidazole rings is 2. The highest BCUT2D eigenvalue weighted by Crippen LogP contribution is 2.20. The van der Waals surface area contributed by atoms with Crippen LogP contribution >= 0.6 is 0 Å². The van der Waals surface area contributed by atoms with Gasteiger partial charge in [-0.15, -0.1) is 10.2 Å². The molecule has 8 nitrogen and oxygen atoms in total. The van der Waals surface area contributed by atoms with Crippen LogP contribution in [0.1, 0.15) is 12.2 Å². The molecule has 0 unspecified atom stereocenters. The van der Waals surface area contributed by atoms with Crippen LogP contribution in [0.4, 0.5) is 0 Å². The average Bonchev–Trinajstić information content (AvgIpc) is 3.38. The summed E-state index contributed by atoms with van der Waals surface area (Å²) in [6.07, 6.45) is 11.0. The van der Waals surface area contributed by atoms with Gasteiger partial charge >= 0.3 is 0 Å². The van der Waals surface area contributed by atoms with Gasteiger partial charge in [-0.2, -0.15) is 5.21 Å². The van der Waals surface area contributed by atoms with Gasteiger partial charge in [0.05, 0.1) is 6.33 Å². The Balaban J connectivity index is 1.47. The zero-order chi connectivity index (χ0) is 16.2. The van der Waals surface area contributed by atoms with E-state index in [-0.39, 0.29) is 0 Å². The van der Waals surface area contributed by atoms with Crippen LogP contribution in [0, 0.1) is 0 Å². The lowest BCUT2D eigenvalue weighted by Crippen LogP contribution is -2.02. The van der Waals surface area contributed by atoms with Crippen molar-refractivity contribution in [3.63, 3.8) is 0 Å². The fraction of sp³-hybridized carbons (Fsp3) is 0.188. The van der Waals surface area contributed by atoms with Crippen LogP contribution in [-0.2, 0) is 13.0 Å². The zero-order valence-corrected chi connectivity index (χ0v) is 12.9. The van der Waals surface area contributed by atoms with Gasteiger partial charge in [0.1, 0.15) is 5.82 Å². The Morgan fingerprint density at radius 2 is 1.96 bits per heavy atom. The molecule has 24 heavy (non-hydrogen) atoms. The van der Waals surface area contributed by atoms with Crippen LogP contribution in [0.25, 0.3) is 17.1 Å². The highest BCUT2D eigenvalue weighted by atomic mass is 15.5. The van der Waals surface area contributed by atoms with E-state index in [0.717, 1.165) is 42.3 Å². The van der Waals surface area contributed by atoms with Gasteiger partial charge in [0, 0.05) is 49.0 Å². The van der Waals surface area contributed by atoms with Crippen LogP contribution < -0.4 is 0 Å². The van der Waals surface area contributed by atoms with Gasteiger partial charge in [0.15, 0.2) is 5.82 Å². The number of tetrazole rings is 1. The molecule has 0 aliphatic heterocycles. The van der Waals surface area contributed by atoms with Gasteiger partial charge in [-0.1, -0.05) is 5.21 Å². The second-order valence-corrected chi connectivity index (χ2v) is 5.39. The number of aromatic nitrogens is 8. The molecule has 3 aromatic heterocycles. The van der Waals surface area contributed by atoms with Gasteiger partial charge in [-0.25, -0.2) is 9.97 Å². The average molecular weight is 320 g/mol. The van der Waals surface area contributed by atoms with Crippen molar-refractivity contribution in [2.45, 2.75) is 19.4 Å². The topological polar surface area (TPSA) is 90.1 Å². The predicted octanol–water partition coefficient (Wildman–Crippen LogP) is 1.88. The Kier molecular flexibility index (Phi) is 3.85. The summed E-state index contributed by atoms with van der Waals surface area (Å²) in [5.74, 6) is 1.70. The lowest BCUT2D eigenvalue weighted by atomic mass is 10.2. The number of H-pyrrole nitrogens is 1. The first-order valence-electron chi connectivity index (χ1n) is 7.72. The molecule has 1 aromatic carbocycles. The molecule has 0 saturated carbocycles. The van der Waals surface area contributed by atoms with Gasteiger partial charge in [-0.3, -0.25) is 0 Å². The SMILES string of the molecule is c1cn(-c2ccc(-c3nccn3CCCc3nn[nH]n3)cc2)cn1. The second-order valence-electron chi connectivity index (χ2n) is 5.39. The molecular weight excluding hydrogens is 304 g/mol. The van der Waals surface area contributed by atoms with E-state index in [1.165, 1.54) is 0 Å². The Hall–Kier alpha value is -3.29. The number of benzene rings is 1. The smallest absolute Gasteiger partial charge is 0.174 e. The first-order valence-corrected chi connectivity index (χ1v) is 7.72. The quantitative estimate of drug-likeness (QED) is 0.586. The Labute approximate surface area is 138 Å². The van der Waals surface area contributed by atoms with Crippen molar-refractivity contribution in [1.29, 1.82) is 0 Å². The first kappa shape index (κ1) is 14.3. The molecule has 4 aromatic rings. The highest BCUT2D eigenvalue weighted by molar-refractivity contribution is 5.57. The van der Waals surface area contributed by atoms with Crippen LogP contribution in [0.2, 0.25) is 0 Å². The molecule has 0 spiro atoms. The van der Waals surface area contributed by atoms with E-state index in [1.54, 1.807) is 12.5 Å². The van der Waals surface area contributed by atoms with E-state index in [4.69, 9.17) is 0 Å². The number of aromatic amines is 1. The maximum absolute atomic E-state index is 4.49. The molecule has 4 rings (SSSR count). The molecule has 0 bridgehead atoms. The first-order chi connectivity index (χ1) is 11.9. The number of nitrogens with zero attached hydrogens (tertiary/aromatic N) is 7. The molecule has 3 heterocycles. The largest absolute Gasteiger partial charge is 0.331 e. The summed E-state index contributed by atoms with van der Waals surface area (Å²) in [6.45, 7) is 0.854. The molecule has 0 aliphatic rings. The van der Waals surface area contributed by atoms with Crippen molar-refractivity contribution in [2.75, 3.05) is 0 Å². The van der Waals surface area contributed by atoms with Crippen LogP contribution in [0.5, 0.6) is 0 Å². The lowest BCUT2D eigenvalue weighted by molar-refractivity contribution is 0.634. The minimum Gasteiger partial charge on any atom is -0.331 e.